The molecule has 0 saturated carbocycles. The number of anilines is 1. The molecule has 0 unspecified atom stereocenters. The highest BCUT2D eigenvalue weighted by Crippen LogP contribution is 2.32. The van der Waals surface area contributed by atoms with E-state index in [4.69, 9.17) is 4.74 Å². The fraction of sp³-hybridized carbons (Fsp3) is 0.500. The molecule has 0 radical (unpaired) electrons. The van der Waals surface area contributed by atoms with E-state index in [1.54, 1.807) is 18.2 Å². The maximum absolute atomic E-state index is 12.8. The van der Waals surface area contributed by atoms with E-state index in [9.17, 15) is 9.59 Å². The highest BCUT2D eigenvalue weighted by Gasteiger charge is 2.25. The molecule has 2 amide bonds. The topological polar surface area (TPSA) is 58.6 Å². The Bertz CT molecular complexity index is 548. The normalized spacial score (nSPS) is 18.9. The van der Waals surface area contributed by atoms with Gasteiger partial charge in [-0.15, -0.1) is 0 Å². The zero-order valence-corrected chi connectivity index (χ0v) is 12.1. The molecule has 2 aliphatic heterocycles. The molecule has 1 aromatic rings. The van der Waals surface area contributed by atoms with Crippen molar-refractivity contribution in [2.75, 3.05) is 25.0 Å². The van der Waals surface area contributed by atoms with Gasteiger partial charge in [-0.3, -0.25) is 9.59 Å². The summed E-state index contributed by atoms with van der Waals surface area (Å²) < 4.78 is 5.38. The van der Waals surface area contributed by atoms with Crippen molar-refractivity contribution in [3.63, 3.8) is 0 Å². The minimum absolute atomic E-state index is 0.00829. The third-order valence-electron chi connectivity index (χ3n) is 4.02. The Morgan fingerprint density at radius 2 is 1.81 bits per heavy atom. The van der Waals surface area contributed by atoms with Crippen LogP contribution >= 0.6 is 0 Å². The average Bonchev–Trinajstić information content (AvgIpc) is 2.45. The van der Waals surface area contributed by atoms with Crippen molar-refractivity contribution < 1.29 is 14.3 Å². The van der Waals surface area contributed by atoms with Crippen molar-refractivity contribution in [3.8, 4) is 5.75 Å². The highest BCUT2D eigenvalue weighted by molar-refractivity contribution is 6.06. The molecular formula is C16H20N2O3. The summed E-state index contributed by atoms with van der Waals surface area (Å²) in [4.78, 5) is 26.2. The molecule has 5 heteroatoms. The minimum atomic E-state index is -0.213. The fourth-order valence-corrected chi connectivity index (χ4v) is 2.90. The van der Waals surface area contributed by atoms with Gasteiger partial charge in [0, 0.05) is 13.1 Å². The molecule has 2 heterocycles. The van der Waals surface area contributed by atoms with Gasteiger partial charge in [0.1, 0.15) is 5.75 Å². The summed E-state index contributed by atoms with van der Waals surface area (Å²) in [7, 11) is 0. The first-order valence-corrected chi connectivity index (χ1v) is 7.60. The van der Waals surface area contributed by atoms with Gasteiger partial charge in [0.25, 0.3) is 11.8 Å². The molecule has 112 valence electrons. The number of nitrogens with zero attached hydrogens (tertiary/aromatic N) is 1. The van der Waals surface area contributed by atoms with Gasteiger partial charge in [-0.05, 0) is 25.0 Å². The summed E-state index contributed by atoms with van der Waals surface area (Å²) in [5.74, 6) is 0.350. The molecule has 1 aromatic carbocycles. The quantitative estimate of drug-likeness (QED) is 0.863. The third-order valence-corrected chi connectivity index (χ3v) is 4.02. The molecule has 0 aromatic heterocycles. The van der Waals surface area contributed by atoms with Crippen LogP contribution in [0.2, 0.25) is 0 Å². The SMILES string of the molecule is O=C1COc2cccc(C(=O)N3CCCCCCC3)c2N1. The number of likely N-dealkylation sites (tertiary alicyclic amines) is 1. The lowest BCUT2D eigenvalue weighted by molar-refractivity contribution is -0.118. The summed E-state index contributed by atoms with van der Waals surface area (Å²) in [6.07, 6.45) is 5.70. The fourth-order valence-electron chi connectivity index (χ4n) is 2.90. The maximum Gasteiger partial charge on any atom is 0.262 e. The maximum atomic E-state index is 12.8. The van der Waals surface area contributed by atoms with Crippen molar-refractivity contribution in [1.82, 2.24) is 4.90 Å². The number of carbonyl (C=O) groups excluding carboxylic acids is 2. The lowest BCUT2D eigenvalue weighted by Gasteiger charge is -2.27. The molecule has 1 N–H and O–H groups in total. The van der Waals surface area contributed by atoms with E-state index in [1.807, 2.05) is 4.90 Å². The van der Waals surface area contributed by atoms with Gasteiger partial charge in [0.15, 0.2) is 6.61 Å². The molecule has 1 saturated heterocycles. The minimum Gasteiger partial charge on any atom is -0.482 e. The van der Waals surface area contributed by atoms with Crippen molar-refractivity contribution in [1.29, 1.82) is 0 Å². The van der Waals surface area contributed by atoms with E-state index < -0.39 is 0 Å². The lowest BCUT2D eigenvalue weighted by atomic mass is 10.1. The van der Waals surface area contributed by atoms with E-state index in [-0.39, 0.29) is 18.4 Å². The van der Waals surface area contributed by atoms with Crippen LogP contribution in [0.25, 0.3) is 0 Å². The molecular weight excluding hydrogens is 268 g/mol. The van der Waals surface area contributed by atoms with E-state index in [0.29, 0.717) is 17.0 Å². The summed E-state index contributed by atoms with van der Waals surface area (Å²) in [5.41, 5.74) is 1.04. The van der Waals surface area contributed by atoms with Crippen LogP contribution in [0.15, 0.2) is 18.2 Å². The highest BCUT2D eigenvalue weighted by atomic mass is 16.5. The molecule has 5 nitrogen and oxygen atoms in total. The van der Waals surface area contributed by atoms with Crippen LogP contribution in [0.3, 0.4) is 0 Å². The molecule has 1 fully saturated rings. The number of hydrogen-bond donors (Lipinski definition) is 1. The van der Waals surface area contributed by atoms with E-state index in [1.165, 1.54) is 19.3 Å². The van der Waals surface area contributed by atoms with Gasteiger partial charge in [-0.25, -0.2) is 0 Å². The van der Waals surface area contributed by atoms with Gasteiger partial charge in [0.2, 0.25) is 0 Å². The summed E-state index contributed by atoms with van der Waals surface area (Å²) in [6.45, 7) is 1.59. The molecule has 0 atom stereocenters. The number of nitrogens with one attached hydrogen (secondary N) is 1. The van der Waals surface area contributed by atoms with Gasteiger partial charge in [-0.2, -0.15) is 0 Å². The molecule has 2 aliphatic rings. The summed E-state index contributed by atoms with van der Waals surface area (Å²) >= 11 is 0. The van der Waals surface area contributed by atoms with Crippen LogP contribution < -0.4 is 10.1 Å². The van der Waals surface area contributed by atoms with Gasteiger partial charge in [-0.1, -0.05) is 25.3 Å². The number of amides is 2. The van der Waals surface area contributed by atoms with E-state index in [2.05, 4.69) is 5.32 Å². The number of para-hydroxylation sites is 1. The predicted molar refractivity (Wildman–Crippen MR) is 79.6 cm³/mol. The van der Waals surface area contributed by atoms with Gasteiger partial charge >= 0.3 is 0 Å². The van der Waals surface area contributed by atoms with Gasteiger partial charge in [0.05, 0.1) is 11.3 Å². The number of benzene rings is 1. The Kier molecular flexibility index (Phi) is 4.08. The number of ether oxygens (including phenoxy) is 1. The van der Waals surface area contributed by atoms with Crippen LogP contribution in [0.5, 0.6) is 5.75 Å². The van der Waals surface area contributed by atoms with Crippen molar-refractivity contribution in [3.05, 3.63) is 23.8 Å². The number of fused-ring (bicyclic) bond motifs is 1. The van der Waals surface area contributed by atoms with Crippen molar-refractivity contribution >= 4 is 17.5 Å². The predicted octanol–water partition coefficient (Wildman–Crippen LogP) is 2.42. The lowest BCUT2D eigenvalue weighted by Crippen LogP contribution is -2.35. The first-order valence-electron chi connectivity index (χ1n) is 7.60. The largest absolute Gasteiger partial charge is 0.482 e. The second-order valence-electron chi connectivity index (χ2n) is 5.58. The van der Waals surface area contributed by atoms with E-state index in [0.717, 1.165) is 25.9 Å². The molecule has 0 bridgehead atoms. The number of hydrogen-bond acceptors (Lipinski definition) is 3. The second kappa shape index (κ2) is 6.16. The second-order valence-corrected chi connectivity index (χ2v) is 5.58. The van der Waals surface area contributed by atoms with Crippen LogP contribution in [0.1, 0.15) is 42.5 Å². The Morgan fingerprint density at radius 3 is 2.57 bits per heavy atom. The zero-order valence-electron chi connectivity index (χ0n) is 12.1. The van der Waals surface area contributed by atoms with Gasteiger partial charge < -0.3 is 15.0 Å². The Morgan fingerprint density at radius 1 is 1.10 bits per heavy atom. The molecule has 3 rings (SSSR count). The van der Waals surface area contributed by atoms with Crippen LogP contribution in [0.4, 0.5) is 5.69 Å². The first-order chi connectivity index (χ1) is 10.3. The zero-order chi connectivity index (χ0) is 14.7. The summed E-state index contributed by atoms with van der Waals surface area (Å²) in [5, 5.41) is 2.77. The van der Waals surface area contributed by atoms with Crippen molar-refractivity contribution in [2.24, 2.45) is 0 Å². The molecule has 0 spiro atoms. The monoisotopic (exact) mass is 288 g/mol. The number of rotatable bonds is 1. The standard InChI is InChI=1S/C16H20N2O3/c19-14-11-21-13-8-6-7-12(15(13)17-14)16(20)18-9-4-2-1-3-5-10-18/h6-8H,1-5,9-11H2,(H,17,19). The van der Waals surface area contributed by atoms with Crippen LogP contribution in [-0.4, -0.2) is 36.4 Å². The number of carbonyl (C=O) groups is 2. The average molecular weight is 288 g/mol. The molecule has 21 heavy (non-hydrogen) atoms. The van der Waals surface area contributed by atoms with Crippen LogP contribution in [-0.2, 0) is 4.79 Å². The third kappa shape index (κ3) is 3.01. The Balaban J connectivity index is 1.85. The Hall–Kier alpha value is -2.04. The van der Waals surface area contributed by atoms with Crippen LogP contribution in [0, 0.1) is 0 Å². The van der Waals surface area contributed by atoms with Crippen molar-refractivity contribution in [2.45, 2.75) is 32.1 Å². The smallest absolute Gasteiger partial charge is 0.262 e. The Labute approximate surface area is 124 Å². The summed E-state index contributed by atoms with van der Waals surface area (Å²) in [6, 6.07) is 5.33. The van der Waals surface area contributed by atoms with E-state index >= 15 is 0 Å². The molecule has 0 aliphatic carbocycles. The first kappa shape index (κ1) is 13.9.